The van der Waals surface area contributed by atoms with E-state index in [1.807, 2.05) is 18.2 Å². The van der Waals surface area contributed by atoms with E-state index in [4.69, 9.17) is 9.47 Å². The molecule has 4 nitrogen and oxygen atoms in total. The molecule has 0 aliphatic rings. The summed E-state index contributed by atoms with van der Waals surface area (Å²) in [6, 6.07) is 7.93. The summed E-state index contributed by atoms with van der Waals surface area (Å²) < 4.78 is 9.93. The quantitative estimate of drug-likeness (QED) is 0.615. The number of nitrogens with one attached hydrogen (secondary N) is 1. The number of ether oxygens (including phenoxy) is 2. The summed E-state index contributed by atoms with van der Waals surface area (Å²) in [6.45, 7) is 7.21. The van der Waals surface area contributed by atoms with Crippen molar-refractivity contribution in [1.29, 1.82) is 0 Å². The number of amides is 1. The Labute approximate surface area is 121 Å². The van der Waals surface area contributed by atoms with Gasteiger partial charge in [-0.15, -0.1) is 0 Å². The zero-order valence-corrected chi connectivity index (χ0v) is 12.9. The van der Waals surface area contributed by atoms with Gasteiger partial charge in [-0.05, 0) is 23.5 Å². The van der Waals surface area contributed by atoms with E-state index in [1.165, 1.54) is 0 Å². The molecule has 20 heavy (non-hydrogen) atoms. The SMILES string of the molecule is COCOCCCC(=O)Nc1ccccc1C(C)(C)C. The van der Waals surface area contributed by atoms with Gasteiger partial charge in [0.15, 0.2) is 0 Å². The predicted octanol–water partition coefficient (Wildman–Crippen LogP) is 3.32. The van der Waals surface area contributed by atoms with Gasteiger partial charge in [-0.1, -0.05) is 39.0 Å². The van der Waals surface area contributed by atoms with Crippen LogP contribution < -0.4 is 5.32 Å². The number of benzene rings is 1. The highest BCUT2D eigenvalue weighted by molar-refractivity contribution is 5.91. The maximum Gasteiger partial charge on any atom is 0.224 e. The summed E-state index contributed by atoms with van der Waals surface area (Å²) in [5, 5.41) is 2.98. The van der Waals surface area contributed by atoms with Crippen LogP contribution in [0, 0.1) is 0 Å². The minimum atomic E-state index is 0.00541. The lowest BCUT2D eigenvalue weighted by molar-refractivity contribution is -0.116. The number of carbonyl (C=O) groups excluding carboxylic acids is 1. The fourth-order valence-electron chi connectivity index (χ4n) is 1.94. The van der Waals surface area contributed by atoms with Crippen LogP contribution in [0.25, 0.3) is 0 Å². The van der Waals surface area contributed by atoms with Gasteiger partial charge in [-0.25, -0.2) is 0 Å². The Hall–Kier alpha value is -1.39. The number of hydrogen-bond donors (Lipinski definition) is 1. The van der Waals surface area contributed by atoms with Crippen LogP contribution in [0.1, 0.15) is 39.2 Å². The third-order valence-electron chi connectivity index (χ3n) is 2.90. The Morgan fingerprint density at radius 2 is 1.95 bits per heavy atom. The van der Waals surface area contributed by atoms with Crippen molar-refractivity contribution in [3.63, 3.8) is 0 Å². The third kappa shape index (κ3) is 5.72. The summed E-state index contributed by atoms with van der Waals surface area (Å²) in [7, 11) is 1.58. The Morgan fingerprint density at radius 3 is 2.60 bits per heavy atom. The number of rotatable bonds is 7. The molecule has 0 unspecified atom stereocenters. The highest BCUT2D eigenvalue weighted by Gasteiger charge is 2.18. The molecule has 1 rings (SSSR count). The highest BCUT2D eigenvalue weighted by Crippen LogP contribution is 2.29. The second kappa shape index (κ2) is 8.02. The van der Waals surface area contributed by atoms with Crippen molar-refractivity contribution in [2.75, 3.05) is 25.8 Å². The van der Waals surface area contributed by atoms with Gasteiger partial charge < -0.3 is 14.8 Å². The lowest BCUT2D eigenvalue weighted by atomic mass is 9.86. The van der Waals surface area contributed by atoms with E-state index in [9.17, 15) is 4.79 Å². The standard InChI is InChI=1S/C16H25NO3/c1-16(2,3)13-8-5-6-9-14(13)17-15(18)10-7-11-20-12-19-4/h5-6,8-9H,7,10-12H2,1-4H3,(H,17,18). The van der Waals surface area contributed by atoms with E-state index in [0.29, 0.717) is 19.4 Å². The minimum absolute atomic E-state index is 0.00541. The lowest BCUT2D eigenvalue weighted by Crippen LogP contribution is -2.18. The Morgan fingerprint density at radius 1 is 1.25 bits per heavy atom. The van der Waals surface area contributed by atoms with E-state index in [0.717, 1.165) is 11.3 Å². The molecule has 0 atom stereocenters. The fourth-order valence-corrected chi connectivity index (χ4v) is 1.94. The average molecular weight is 279 g/mol. The lowest BCUT2D eigenvalue weighted by Gasteiger charge is -2.23. The number of anilines is 1. The van der Waals surface area contributed by atoms with Gasteiger partial charge in [-0.3, -0.25) is 4.79 Å². The average Bonchev–Trinajstić information content (AvgIpc) is 2.38. The number of hydrogen-bond acceptors (Lipinski definition) is 3. The van der Waals surface area contributed by atoms with Crippen LogP contribution >= 0.6 is 0 Å². The number of para-hydroxylation sites is 1. The van der Waals surface area contributed by atoms with Crippen molar-refractivity contribution in [1.82, 2.24) is 0 Å². The van der Waals surface area contributed by atoms with Gasteiger partial charge >= 0.3 is 0 Å². The molecule has 0 saturated heterocycles. The van der Waals surface area contributed by atoms with E-state index in [-0.39, 0.29) is 18.1 Å². The van der Waals surface area contributed by atoms with E-state index in [1.54, 1.807) is 7.11 Å². The van der Waals surface area contributed by atoms with Gasteiger partial charge in [0, 0.05) is 25.8 Å². The second-order valence-corrected chi connectivity index (χ2v) is 5.76. The van der Waals surface area contributed by atoms with Gasteiger partial charge in [0.25, 0.3) is 0 Å². The molecule has 0 aromatic heterocycles. The molecule has 1 aromatic rings. The molecule has 0 bridgehead atoms. The first-order chi connectivity index (χ1) is 9.45. The molecule has 0 spiro atoms. The van der Waals surface area contributed by atoms with E-state index >= 15 is 0 Å². The molecule has 1 amide bonds. The molecule has 1 N–H and O–H groups in total. The zero-order valence-electron chi connectivity index (χ0n) is 12.9. The molecule has 4 heteroatoms. The zero-order chi connectivity index (χ0) is 15.0. The molecule has 1 aromatic carbocycles. The van der Waals surface area contributed by atoms with Crippen LogP contribution in [0.4, 0.5) is 5.69 Å². The molecule has 0 aliphatic heterocycles. The normalized spacial score (nSPS) is 11.4. The van der Waals surface area contributed by atoms with Crippen molar-refractivity contribution >= 4 is 11.6 Å². The summed E-state index contributed by atoms with van der Waals surface area (Å²) in [6.07, 6.45) is 1.13. The van der Waals surface area contributed by atoms with Gasteiger partial charge in [0.1, 0.15) is 6.79 Å². The number of methoxy groups -OCH3 is 1. The second-order valence-electron chi connectivity index (χ2n) is 5.76. The molecule has 0 fully saturated rings. The maximum absolute atomic E-state index is 11.9. The topological polar surface area (TPSA) is 47.6 Å². The molecule has 0 radical (unpaired) electrons. The highest BCUT2D eigenvalue weighted by atomic mass is 16.7. The summed E-state index contributed by atoms with van der Waals surface area (Å²) in [5.74, 6) is 0.0164. The van der Waals surface area contributed by atoms with Crippen LogP contribution in [-0.2, 0) is 19.7 Å². The van der Waals surface area contributed by atoms with Crippen LogP contribution in [0.2, 0.25) is 0 Å². The van der Waals surface area contributed by atoms with Crippen molar-refractivity contribution in [3.05, 3.63) is 29.8 Å². The monoisotopic (exact) mass is 279 g/mol. The van der Waals surface area contributed by atoms with E-state index in [2.05, 4.69) is 32.2 Å². The predicted molar refractivity (Wildman–Crippen MR) is 80.8 cm³/mol. The van der Waals surface area contributed by atoms with Crippen LogP contribution in [0.3, 0.4) is 0 Å². The van der Waals surface area contributed by atoms with Crippen molar-refractivity contribution in [3.8, 4) is 0 Å². The van der Waals surface area contributed by atoms with Gasteiger partial charge in [0.05, 0.1) is 0 Å². The molecule has 0 heterocycles. The largest absolute Gasteiger partial charge is 0.359 e. The van der Waals surface area contributed by atoms with Crippen LogP contribution in [0.15, 0.2) is 24.3 Å². The Bertz CT molecular complexity index is 424. The first kappa shape index (κ1) is 16.7. The van der Waals surface area contributed by atoms with Crippen molar-refractivity contribution < 1.29 is 14.3 Å². The van der Waals surface area contributed by atoms with Gasteiger partial charge in [-0.2, -0.15) is 0 Å². The van der Waals surface area contributed by atoms with Crippen molar-refractivity contribution in [2.45, 2.75) is 39.0 Å². The first-order valence-electron chi connectivity index (χ1n) is 6.91. The van der Waals surface area contributed by atoms with E-state index < -0.39 is 0 Å². The molecule has 0 saturated carbocycles. The smallest absolute Gasteiger partial charge is 0.224 e. The first-order valence-corrected chi connectivity index (χ1v) is 6.91. The third-order valence-corrected chi connectivity index (χ3v) is 2.90. The van der Waals surface area contributed by atoms with Crippen LogP contribution in [0.5, 0.6) is 0 Å². The molecular weight excluding hydrogens is 254 g/mol. The number of carbonyl (C=O) groups is 1. The summed E-state index contributed by atoms with van der Waals surface area (Å²) in [4.78, 5) is 11.9. The summed E-state index contributed by atoms with van der Waals surface area (Å²) >= 11 is 0. The van der Waals surface area contributed by atoms with Crippen molar-refractivity contribution in [2.24, 2.45) is 0 Å². The fraction of sp³-hybridized carbons (Fsp3) is 0.562. The Balaban J connectivity index is 2.50. The molecule has 0 aliphatic carbocycles. The summed E-state index contributed by atoms with van der Waals surface area (Å²) in [5.41, 5.74) is 2.04. The minimum Gasteiger partial charge on any atom is -0.359 e. The van der Waals surface area contributed by atoms with Gasteiger partial charge in [0.2, 0.25) is 5.91 Å². The Kier molecular flexibility index (Phi) is 6.68. The molecule has 112 valence electrons. The molecular formula is C16H25NO3. The van der Waals surface area contributed by atoms with Crippen LogP contribution in [-0.4, -0.2) is 26.4 Å². The maximum atomic E-state index is 11.9.